The second kappa shape index (κ2) is 4.77. The summed E-state index contributed by atoms with van der Waals surface area (Å²) in [4.78, 5) is 0. The van der Waals surface area contributed by atoms with Gasteiger partial charge in [0.15, 0.2) is 0 Å². The number of benzene rings is 1. The third-order valence-electron chi connectivity index (χ3n) is 3.29. The zero-order valence-corrected chi connectivity index (χ0v) is 10.9. The van der Waals surface area contributed by atoms with Crippen LogP contribution in [0.1, 0.15) is 30.1 Å². The summed E-state index contributed by atoms with van der Waals surface area (Å²) in [6, 6.07) is 9.64. The summed E-state index contributed by atoms with van der Waals surface area (Å²) in [6.07, 6.45) is 0.123. The number of hydrogen-bond donors (Lipinski definition) is 2. The summed E-state index contributed by atoms with van der Waals surface area (Å²) in [5, 5.41) is 28.7. The first-order chi connectivity index (χ1) is 8.13. The smallest absolute Gasteiger partial charge is 0.106 e. The van der Waals surface area contributed by atoms with E-state index in [1.807, 2.05) is 12.1 Å². The van der Waals surface area contributed by atoms with E-state index in [2.05, 4.69) is 22.0 Å². The van der Waals surface area contributed by atoms with Crippen LogP contribution in [0.5, 0.6) is 0 Å². The highest BCUT2D eigenvalue weighted by molar-refractivity contribution is 9.09. The number of nitrogens with zero attached hydrogens (tertiary/aromatic N) is 1. The van der Waals surface area contributed by atoms with Crippen molar-refractivity contribution in [3.05, 3.63) is 35.4 Å². The molecule has 1 fully saturated rings. The Kier molecular flexibility index (Phi) is 3.53. The molecular weight excluding hydrogens is 282 g/mol. The van der Waals surface area contributed by atoms with Gasteiger partial charge in [-0.3, -0.25) is 0 Å². The predicted molar refractivity (Wildman–Crippen MR) is 67.7 cm³/mol. The zero-order valence-electron chi connectivity index (χ0n) is 9.31. The van der Waals surface area contributed by atoms with Gasteiger partial charge >= 0.3 is 0 Å². The summed E-state index contributed by atoms with van der Waals surface area (Å²) in [5.74, 6) is 0. The lowest BCUT2D eigenvalue weighted by Gasteiger charge is -2.16. The first-order valence-corrected chi connectivity index (χ1v) is 6.69. The Morgan fingerprint density at radius 2 is 1.88 bits per heavy atom. The molecule has 2 N–H and O–H groups in total. The fourth-order valence-electron chi connectivity index (χ4n) is 1.90. The molecule has 0 heterocycles. The molecule has 0 aromatic heterocycles. The molecular formula is C13H14BrNO2. The maximum Gasteiger partial charge on any atom is 0.106 e. The van der Waals surface area contributed by atoms with Crippen LogP contribution in [0.25, 0.3) is 0 Å². The molecule has 90 valence electrons. The van der Waals surface area contributed by atoms with Crippen molar-refractivity contribution < 1.29 is 10.2 Å². The number of aliphatic hydroxyl groups is 2. The molecule has 0 radical (unpaired) electrons. The minimum atomic E-state index is -0.888. The van der Waals surface area contributed by atoms with E-state index < -0.39 is 12.2 Å². The Bertz CT molecular complexity index is 434. The Morgan fingerprint density at radius 1 is 1.29 bits per heavy atom. The monoisotopic (exact) mass is 295 g/mol. The Labute approximate surface area is 109 Å². The molecule has 1 aliphatic rings. The van der Waals surface area contributed by atoms with Crippen LogP contribution >= 0.6 is 15.9 Å². The van der Waals surface area contributed by atoms with E-state index in [0.717, 1.165) is 18.4 Å². The quantitative estimate of drug-likeness (QED) is 0.836. The number of aliphatic hydroxyl groups excluding tert-OH is 2. The molecule has 3 nitrogen and oxygen atoms in total. The van der Waals surface area contributed by atoms with Crippen molar-refractivity contribution in [2.75, 3.05) is 5.33 Å². The van der Waals surface area contributed by atoms with Crippen LogP contribution in [-0.4, -0.2) is 21.6 Å². The molecule has 0 amide bonds. The van der Waals surface area contributed by atoms with E-state index in [0.29, 0.717) is 10.9 Å². The van der Waals surface area contributed by atoms with E-state index in [1.54, 1.807) is 12.1 Å². The predicted octanol–water partition coefficient (Wildman–Crippen LogP) is 2.03. The average molecular weight is 296 g/mol. The Morgan fingerprint density at radius 3 is 2.29 bits per heavy atom. The molecule has 0 aliphatic heterocycles. The van der Waals surface area contributed by atoms with Crippen molar-refractivity contribution in [3.8, 4) is 6.07 Å². The number of nitriles is 1. The maximum atomic E-state index is 9.81. The Balaban J connectivity index is 2.17. The van der Waals surface area contributed by atoms with E-state index >= 15 is 0 Å². The van der Waals surface area contributed by atoms with Crippen molar-refractivity contribution >= 4 is 15.9 Å². The number of alkyl halides is 1. The first kappa shape index (κ1) is 12.6. The second-order valence-corrected chi connectivity index (χ2v) is 5.13. The molecule has 1 aromatic rings. The van der Waals surface area contributed by atoms with Gasteiger partial charge < -0.3 is 10.2 Å². The summed E-state index contributed by atoms with van der Waals surface area (Å²) < 4.78 is 0. The summed E-state index contributed by atoms with van der Waals surface area (Å²) in [6.45, 7) is 0. The highest BCUT2D eigenvalue weighted by atomic mass is 79.9. The molecule has 1 aromatic carbocycles. The van der Waals surface area contributed by atoms with Gasteiger partial charge in [-0.05, 0) is 24.0 Å². The van der Waals surface area contributed by atoms with Crippen molar-refractivity contribution in [1.82, 2.24) is 0 Å². The van der Waals surface area contributed by atoms with Crippen LogP contribution in [0.2, 0.25) is 0 Å². The molecule has 0 spiro atoms. The topological polar surface area (TPSA) is 64.2 Å². The third kappa shape index (κ3) is 2.37. The third-order valence-corrected chi connectivity index (χ3v) is 3.95. The molecule has 1 saturated carbocycles. The fraction of sp³-hybridized carbons (Fsp3) is 0.462. The molecule has 2 rings (SSSR count). The maximum absolute atomic E-state index is 9.81. The molecule has 17 heavy (non-hydrogen) atoms. The Hall–Kier alpha value is -0.890. The molecule has 0 saturated heterocycles. The van der Waals surface area contributed by atoms with Crippen LogP contribution < -0.4 is 0 Å². The van der Waals surface area contributed by atoms with Crippen molar-refractivity contribution in [1.29, 1.82) is 5.26 Å². The molecule has 2 unspecified atom stereocenters. The molecule has 2 atom stereocenters. The molecule has 0 bridgehead atoms. The van der Waals surface area contributed by atoms with E-state index in [9.17, 15) is 10.2 Å². The van der Waals surface area contributed by atoms with Gasteiger partial charge in [-0.15, -0.1) is 0 Å². The molecule has 1 aliphatic carbocycles. The van der Waals surface area contributed by atoms with Gasteiger partial charge in [-0.25, -0.2) is 0 Å². The number of rotatable bonds is 4. The summed E-state index contributed by atoms with van der Waals surface area (Å²) in [5.41, 5.74) is 1.39. The van der Waals surface area contributed by atoms with Gasteiger partial charge in [-0.2, -0.15) is 5.26 Å². The lowest BCUT2D eigenvalue weighted by Crippen LogP contribution is -2.19. The van der Waals surface area contributed by atoms with Crippen molar-refractivity contribution in [3.63, 3.8) is 0 Å². The lowest BCUT2D eigenvalue weighted by molar-refractivity contribution is 0.0342. The van der Waals surface area contributed by atoms with Crippen LogP contribution in [0.4, 0.5) is 0 Å². The van der Waals surface area contributed by atoms with Crippen molar-refractivity contribution in [2.24, 2.45) is 0 Å². The first-order valence-electron chi connectivity index (χ1n) is 5.57. The molecule has 4 heteroatoms. The summed E-state index contributed by atoms with van der Waals surface area (Å²) in [7, 11) is 0. The second-order valence-electron chi connectivity index (χ2n) is 4.48. The highest BCUT2D eigenvalue weighted by Crippen LogP contribution is 2.47. The van der Waals surface area contributed by atoms with E-state index in [4.69, 9.17) is 5.26 Å². The minimum absolute atomic E-state index is 0.294. The lowest BCUT2D eigenvalue weighted by atomic mass is 9.95. The SMILES string of the molecule is N#CC1(c2ccc(C(O)C(O)CBr)cc2)CC1. The average Bonchev–Trinajstić information content (AvgIpc) is 3.18. The van der Waals surface area contributed by atoms with Crippen LogP contribution in [0, 0.1) is 11.3 Å². The van der Waals surface area contributed by atoms with Gasteiger partial charge in [-0.1, -0.05) is 40.2 Å². The van der Waals surface area contributed by atoms with Crippen LogP contribution in [-0.2, 0) is 5.41 Å². The van der Waals surface area contributed by atoms with Gasteiger partial charge in [0, 0.05) is 5.33 Å². The van der Waals surface area contributed by atoms with E-state index in [1.165, 1.54) is 0 Å². The van der Waals surface area contributed by atoms with Gasteiger partial charge in [0.2, 0.25) is 0 Å². The van der Waals surface area contributed by atoms with Gasteiger partial charge in [0.05, 0.1) is 17.6 Å². The normalized spacial score (nSPS) is 20.4. The van der Waals surface area contributed by atoms with Crippen molar-refractivity contribution in [2.45, 2.75) is 30.5 Å². The fourth-order valence-corrected chi connectivity index (χ4v) is 2.25. The van der Waals surface area contributed by atoms with Gasteiger partial charge in [0.25, 0.3) is 0 Å². The summed E-state index contributed by atoms with van der Waals surface area (Å²) >= 11 is 3.13. The zero-order chi connectivity index (χ0) is 12.5. The van der Waals surface area contributed by atoms with Crippen LogP contribution in [0.15, 0.2) is 24.3 Å². The number of hydrogen-bond acceptors (Lipinski definition) is 3. The number of halogens is 1. The largest absolute Gasteiger partial charge is 0.389 e. The van der Waals surface area contributed by atoms with E-state index in [-0.39, 0.29) is 5.41 Å². The standard InChI is InChI=1S/C13H14BrNO2/c14-7-11(16)12(17)9-1-3-10(4-2-9)13(8-15)5-6-13/h1-4,11-12,16-17H,5-7H2. The van der Waals surface area contributed by atoms with Gasteiger partial charge in [0.1, 0.15) is 6.10 Å². The highest BCUT2D eigenvalue weighted by Gasteiger charge is 2.44. The van der Waals surface area contributed by atoms with Crippen LogP contribution in [0.3, 0.4) is 0 Å². The minimum Gasteiger partial charge on any atom is -0.389 e.